The fourth-order valence-electron chi connectivity index (χ4n) is 2.72. The summed E-state index contributed by atoms with van der Waals surface area (Å²) in [5, 5.41) is 32.7. The summed E-state index contributed by atoms with van der Waals surface area (Å²) < 4.78 is 0. The number of nitrogens with zero attached hydrogens (tertiary/aromatic N) is 3. The highest BCUT2D eigenvalue weighted by atomic mass is 16.1. The summed E-state index contributed by atoms with van der Waals surface area (Å²) in [6, 6.07) is 12.0. The topological polar surface area (TPSA) is 112 Å². The van der Waals surface area contributed by atoms with Crippen molar-refractivity contribution >= 4 is 11.6 Å². The number of nitriles is 3. The van der Waals surface area contributed by atoms with Crippen LogP contribution in [0.15, 0.2) is 35.5 Å². The Balaban J connectivity index is 2.23. The van der Waals surface area contributed by atoms with E-state index in [9.17, 15) is 4.79 Å². The predicted octanol–water partition coefficient (Wildman–Crippen LogP) is 2.99. The van der Waals surface area contributed by atoms with Crippen molar-refractivity contribution in [1.82, 2.24) is 5.32 Å². The van der Waals surface area contributed by atoms with Crippen LogP contribution in [-0.2, 0) is 0 Å². The molecule has 1 fully saturated rings. The Bertz CT molecular complexity index is 754. The smallest absolute Gasteiger partial charge is 0.253 e. The van der Waals surface area contributed by atoms with Crippen LogP contribution >= 0.6 is 0 Å². The maximum Gasteiger partial charge on any atom is 0.253 e. The largest absolute Gasteiger partial charge is 0.349 e. The van der Waals surface area contributed by atoms with Gasteiger partial charge < -0.3 is 10.6 Å². The Morgan fingerprint density at radius 1 is 1.00 bits per heavy atom. The Labute approximate surface area is 141 Å². The van der Waals surface area contributed by atoms with Crippen LogP contribution in [0, 0.1) is 34.0 Å². The first kappa shape index (κ1) is 17.1. The van der Waals surface area contributed by atoms with Gasteiger partial charge in [0.2, 0.25) is 0 Å². The second-order valence-corrected chi connectivity index (χ2v) is 5.56. The molecular formula is C18H17N5O. The lowest BCUT2D eigenvalue weighted by molar-refractivity contribution is 0.0928. The molecule has 1 aliphatic rings. The lowest BCUT2D eigenvalue weighted by Crippen LogP contribution is -2.36. The summed E-state index contributed by atoms with van der Waals surface area (Å²) in [6.45, 7) is 0. The molecule has 1 amide bonds. The molecule has 0 unspecified atom stereocenters. The zero-order valence-corrected chi connectivity index (χ0v) is 13.2. The highest BCUT2D eigenvalue weighted by molar-refractivity contribution is 6.00. The molecule has 0 aliphatic heterocycles. The van der Waals surface area contributed by atoms with Gasteiger partial charge in [-0.05, 0) is 25.0 Å². The van der Waals surface area contributed by atoms with Crippen molar-refractivity contribution in [3.05, 3.63) is 41.1 Å². The standard InChI is InChI=1S/C18H17N5O/c19-10-13(11-20)17(12-21)23-16-9-5-4-8-15(16)18(24)22-14-6-2-1-3-7-14/h4-5,8-9,14,23H,1-3,6-7H2,(H,22,24). The number of anilines is 1. The number of benzene rings is 1. The van der Waals surface area contributed by atoms with Gasteiger partial charge in [-0.25, -0.2) is 0 Å². The minimum atomic E-state index is -0.319. The van der Waals surface area contributed by atoms with Gasteiger partial charge in [0.05, 0.1) is 11.3 Å². The first-order chi connectivity index (χ1) is 11.7. The number of nitrogens with one attached hydrogen (secondary N) is 2. The number of amides is 1. The maximum absolute atomic E-state index is 12.5. The summed E-state index contributed by atoms with van der Waals surface area (Å²) in [5.74, 6) is -0.224. The molecule has 0 heterocycles. The van der Waals surface area contributed by atoms with E-state index in [1.54, 1.807) is 42.5 Å². The number of hydrogen-bond donors (Lipinski definition) is 2. The Kier molecular flexibility index (Phi) is 5.95. The van der Waals surface area contributed by atoms with E-state index in [2.05, 4.69) is 10.6 Å². The van der Waals surface area contributed by atoms with Crippen LogP contribution in [0.25, 0.3) is 0 Å². The molecule has 1 saturated carbocycles. The molecule has 0 aromatic heterocycles. The molecule has 0 radical (unpaired) electrons. The highest BCUT2D eigenvalue weighted by Crippen LogP contribution is 2.21. The van der Waals surface area contributed by atoms with Gasteiger partial charge in [-0.1, -0.05) is 31.4 Å². The number of allylic oxidation sites excluding steroid dienone is 2. The van der Waals surface area contributed by atoms with Crippen molar-refractivity contribution in [2.24, 2.45) is 0 Å². The van der Waals surface area contributed by atoms with Gasteiger partial charge in [0.25, 0.3) is 5.91 Å². The second-order valence-electron chi connectivity index (χ2n) is 5.56. The third-order valence-electron chi connectivity index (χ3n) is 3.96. The number of carbonyl (C=O) groups excluding carboxylic acids is 1. The molecule has 2 N–H and O–H groups in total. The minimum Gasteiger partial charge on any atom is -0.349 e. The van der Waals surface area contributed by atoms with Crippen LogP contribution in [0.3, 0.4) is 0 Å². The summed E-state index contributed by atoms with van der Waals surface area (Å²) in [4.78, 5) is 12.5. The molecule has 0 spiro atoms. The summed E-state index contributed by atoms with van der Waals surface area (Å²) in [5.41, 5.74) is 0.286. The fourth-order valence-corrected chi connectivity index (χ4v) is 2.72. The molecule has 0 atom stereocenters. The van der Waals surface area contributed by atoms with Gasteiger partial charge in [0.1, 0.15) is 23.9 Å². The average molecular weight is 319 g/mol. The molecule has 1 aliphatic carbocycles. The molecule has 6 heteroatoms. The van der Waals surface area contributed by atoms with E-state index >= 15 is 0 Å². The summed E-state index contributed by atoms with van der Waals surface area (Å²) >= 11 is 0. The number of rotatable bonds is 4. The zero-order valence-electron chi connectivity index (χ0n) is 13.2. The van der Waals surface area contributed by atoms with Gasteiger partial charge in [-0.2, -0.15) is 15.8 Å². The van der Waals surface area contributed by atoms with E-state index in [4.69, 9.17) is 15.8 Å². The van der Waals surface area contributed by atoms with E-state index in [1.807, 2.05) is 0 Å². The van der Waals surface area contributed by atoms with Crippen LogP contribution in [0.2, 0.25) is 0 Å². The Morgan fingerprint density at radius 3 is 2.29 bits per heavy atom. The molecule has 0 bridgehead atoms. The van der Waals surface area contributed by atoms with Gasteiger partial charge in [-0.15, -0.1) is 0 Å². The highest BCUT2D eigenvalue weighted by Gasteiger charge is 2.19. The predicted molar refractivity (Wildman–Crippen MR) is 88.3 cm³/mol. The van der Waals surface area contributed by atoms with Crippen molar-refractivity contribution in [3.8, 4) is 18.2 Å². The van der Waals surface area contributed by atoms with Crippen LogP contribution in [0.4, 0.5) is 5.69 Å². The summed E-state index contributed by atoms with van der Waals surface area (Å²) in [6.07, 6.45) is 5.36. The summed E-state index contributed by atoms with van der Waals surface area (Å²) in [7, 11) is 0. The lowest BCUT2D eigenvalue weighted by atomic mass is 9.95. The van der Waals surface area contributed by atoms with Crippen molar-refractivity contribution < 1.29 is 4.79 Å². The van der Waals surface area contributed by atoms with Crippen LogP contribution in [-0.4, -0.2) is 11.9 Å². The van der Waals surface area contributed by atoms with Crippen LogP contribution in [0.1, 0.15) is 42.5 Å². The Hall–Kier alpha value is -3.30. The number of hydrogen-bond acceptors (Lipinski definition) is 5. The van der Waals surface area contributed by atoms with Crippen molar-refractivity contribution in [3.63, 3.8) is 0 Å². The molecule has 2 rings (SSSR count). The Morgan fingerprint density at radius 2 is 1.67 bits per heavy atom. The van der Waals surface area contributed by atoms with Crippen molar-refractivity contribution in [2.45, 2.75) is 38.1 Å². The van der Waals surface area contributed by atoms with Crippen molar-refractivity contribution in [2.75, 3.05) is 5.32 Å². The molecule has 0 saturated heterocycles. The van der Waals surface area contributed by atoms with E-state index in [0.717, 1.165) is 25.7 Å². The van der Waals surface area contributed by atoms with Gasteiger partial charge >= 0.3 is 0 Å². The van der Waals surface area contributed by atoms with Gasteiger partial charge in [0, 0.05) is 6.04 Å². The van der Waals surface area contributed by atoms with Crippen LogP contribution < -0.4 is 10.6 Å². The lowest BCUT2D eigenvalue weighted by Gasteiger charge is -2.23. The first-order valence-corrected chi connectivity index (χ1v) is 7.81. The maximum atomic E-state index is 12.5. The van der Waals surface area contributed by atoms with Gasteiger partial charge in [0.15, 0.2) is 5.57 Å². The van der Waals surface area contributed by atoms with Crippen molar-refractivity contribution in [1.29, 1.82) is 15.8 Å². The molecular weight excluding hydrogens is 302 g/mol. The van der Waals surface area contributed by atoms with E-state index in [1.165, 1.54) is 6.42 Å². The minimum absolute atomic E-state index is 0.166. The van der Waals surface area contributed by atoms with E-state index < -0.39 is 0 Å². The van der Waals surface area contributed by atoms with Gasteiger partial charge in [-0.3, -0.25) is 4.79 Å². The first-order valence-electron chi connectivity index (χ1n) is 7.81. The average Bonchev–Trinajstić information content (AvgIpc) is 2.63. The SMILES string of the molecule is N#CC(C#N)=C(C#N)Nc1ccccc1C(=O)NC1CCCCC1. The monoisotopic (exact) mass is 319 g/mol. The number of carbonyl (C=O) groups is 1. The second kappa shape index (κ2) is 8.36. The molecule has 1 aromatic carbocycles. The third kappa shape index (κ3) is 4.12. The number of para-hydroxylation sites is 1. The fraction of sp³-hybridized carbons (Fsp3) is 0.333. The normalized spacial score (nSPS) is 13.7. The molecule has 24 heavy (non-hydrogen) atoms. The van der Waals surface area contributed by atoms with E-state index in [-0.39, 0.29) is 23.2 Å². The van der Waals surface area contributed by atoms with E-state index in [0.29, 0.717) is 11.3 Å². The third-order valence-corrected chi connectivity index (χ3v) is 3.96. The zero-order chi connectivity index (χ0) is 17.4. The van der Waals surface area contributed by atoms with Crippen LogP contribution in [0.5, 0.6) is 0 Å². The molecule has 1 aromatic rings. The quantitative estimate of drug-likeness (QED) is 0.828. The molecule has 6 nitrogen and oxygen atoms in total. The molecule has 120 valence electrons.